The molecular formula is C21H25N3O3. The zero-order valence-corrected chi connectivity index (χ0v) is 15.8. The van der Waals surface area contributed by atoms with Gasteiger partial charge in [0, 0.05) is 25.3 Å². The van der Waals surface area contributed by atoms with Gasteiger partial charge in [0.25, 0.3) is 0 Å². The first kappa shape index (κ1) is 18.9. The number of hydrogen-bond acceptors (Lipinski definition) is 4. The molecule has 0 bridgehead atoms. The maximum absolute atomic E-state index is 12.5. The van der Waals surface area contributed by atoms with E-state index in [1.54, 1.807) is 7.11 Å². The van der Waals surface area contributed by atoms with Crippen molar-refractivity contribution in [3.63, 3.8) is 0 Å². The van der Waals surface area contributed by atoms with Gasteiger partial charge in [-0.05, 0) is 37.6 Å². The Hall–Kier alpha value is -2.86. The Morgan fingerprint density at radius 2 is 2.04 bits per heavy atom. The summed E-state index contributed by atoms with van der Waals surface area (Å²) in [5, 5.41) is 2.95. The summed E-state index contributed by atoms with van der Waals surface area (Å²) in [5.74, 6) is 1.46. The third-order valence-electron chi connectivity index (χ3n) is 4.28. The lowest BCUT2D eigenvalue weighted by Crippen LogP contribution is -2.29. The molecule has 0 saturated heterocycles. The molecule has 142 valence electrons. The van der Waals surface area contributed by atoms with Gasteiger partial charge in [-0.25, -0.2) is 4.98 Å². The van der Waals surface area contributed by atoms with E-state index in [9.17, 15) is 4.79 Å². The van der Waals surface area contributed by atoms with Gasteiger partial charge in [0.1, 0.15) is 18.1 Å². The fourth-order valence-electron chi connectivity index (χ4n) is 2.96. The van der Waals surface area contributed by atoms with Gasteiger partial charge in [0.05, 0.1) is 18.1 Å². The van der Waals surface area contributed by atoms with Crippen LogP contribution in [0.4, 0.5) is 0 Å². The molecule has 27 heavy (non-hydrogen) atoms. The molecule has 1 N–H and O–H groups in total. The highest BCUT2D eigenvalue weighted by atomic mass is 16.5. The van der Waals surface area contributed by atoms with Gasteiger partial charge in [-0.1, -0.05) is 24.3 Å². The highest BCUT2D eigenvalue weighted by Gasteiger charge is 2.15. The fourth-order valence-corrected chi connectivity index (χ4v) is 2.96. The lowest BCUT2D eigenvalue weighted by molar-refractivity contribution is -0.121. The van der Waals surface area contributed by atoms with Crippen molar-refractivity contribution >= 4 is 16.9 Å². The van der Waals surface area contributed by atoms with Crippen molar-refractivity contribution in [1.82, 2.24) is 14.9 Å². The van der Waals surface area contributed by atoms with Crippen molar-refractivity contribution in [2.24, 2.45) is 0 Å². The summed E-state index contributed by atoms with van der Waals surface area (Å²) in [5.41, 5.74) is 2.70. The Labute approximate surface area is 159 Å². The monoisotopic (exact) mass is 367 g/mol. The van der Waals surface area contributed by atoms with E-state index in [0.717, 1.165) is 34.6 Å². The van der Waals surface area contributed by atoms with Crippen LogP contribution in [0.1, 0.15) is 13.3 Å². The van der Waals surface area contributed by atoms with Gasteiger partial charge in [-0.15, -0.1) is 0 Å². The van der Waals surface area contributed by atoms with Gasteiger partial charge in [-0.3, -0.25) is 4.79 Å². The number of nitrogens with zero attached hydrogens (tertiary/aromatic N) is 2. The first-order valence-electron chi connectivity index (χ1n) is 9.17. The van der Waals surface area contributed by atoms with Crippen LogP contribution in [0.2, 0.25) is 0 Å². The van der Waals surface area contributed by atoms with Crippen LogP contribution < -0.4 is 10.1 Å². The zero-order valence-electron chi connectivity index (χ0n) is 15.8. The van der Waals surface area contributed by atoms with E-state index in [0.29, 0.717) is 19.8 Å². The molecule has 0 fully saturated rings. The summed E-state index contributed by atoms with van der Waals surface area (Å²) in [4.78, 5) is 17.2. The molecule has 6 nitrogen and oxygen atoms in total. The lowest BCUT2D eigenvalue weighted by Gasteiger charge is -2.11. The highest BCUT2D eigenvalue weighted by Crippen LogP contribution is 2.27. The molecule has 0 spiro atoms. The Bertz CT molecular complexity index is 905. The molecule has 0 atom stereocenters. The lowest BCUT2D eigenvalue weighted by atomic mass is 10.2. The first-order valence-corrected chi connectivity index (χ1v) is 9.17. The Balaban J connectivity index is 1.83. The largest absolute Gasteiger partial charge is 0.497 e. The standard InChI is InChI=1S/C21H25N3O3/c1-3-27-13-7-12-22-20(25)15-24-19-11-5-4-10-18(19)23-21(24)16-8-6-9-17(14-16)26-2/h4-6,8-11,14H,3,7,12-13,15H2,1-2H3,(H,22,25). The number of rotatable bonds is 9. The van der Waals surface area contributed by atoms with Crippen molar-refractivity contribution in [3.05, 3.63) is 48.5 Å². The minimum atomic E-state index is -0.0428. The van der Waals surface area contributed by atoms with Gasteiger partial charge >= 0.3 is 0 Å². The van der Waals surface area contributed by atoms with Gasteiger partial charge in [-0.2, -0.15) is 0 Å². The molecule has 0 aliphatic carbocycles. The quantitative estimate of drug-likeness (QED) is 0.590. The van der Waals surface area contributed by atoms with E-state index in [2.05, 4.69) is 5.32 Å². The first-order chi connectivity index (χ1) is 13.2. The molecular weight excluding hydrogens is 342 g/mol. The number of carbonyl (C=O) groups excluding carboxylic acids is 1. The zero-order chi connectivity index (χ0) is 19.1. The van der Waals surface area contributed by atoms with Gasteiger partial charge in [0.15, 0.2) is 0 Å². The topological polar surface area (TPSA) is 65.4 Å². The average molecular weight is 367 g/mol. The van der Waals surface area contributed by atoms with E-state index in [-0.39, 0.29) is 12.5 Å². The van der Waals surface area contributed by atoms with Crippen LogP contribution >= 0.6 is 0 Å². The molecule has 1 amide bonds. The number of amides is 1. The predicted molar refractivity (Wildman–Crippen MR) is 106 cm³/mol. The SMILES string of the molecule is CCOCCCNC(=O)Cn1c(-c2cccc(OC)c2)nc2ccccc21. The number of carbonyl (C=O) groups is 1. The normalized spacial score (nSPS) is 10.9. The molecule has 1 aromatic heterocycles. The highest BCUT2D eigenvalue weighted by molar-refractivity contribution is 5.84. The molecule has 0 aliphatic rings. The third kappa shape index (κ3) is 4.65. The number of fused-ring (bicyclic) bond motifs is 1. The van der Waals surface area contributed by atoms with Crippen LogP contribution in [0, 0.1) is 0 Å². The predicted octanol–water partition coefficient (Wildman–Crippen LogP) is 3.25. The summed E-state index contributed by atoms with van der Waals surface area (Å²) in [7, 11) is 1.64. The molecule has 6 heteroatoms. The third-order valence-corrected chi connectivity index (χ3v) is 4.28. The number of para-hydroxylation sites is 2. The van der Waals surface area contributed by atoms with E-state index in [1.165, 1.54) is 0 Å². The van der Waals surface area contributed by atoms with Crippen LogP contribution in [0.5, 0.6) is 5.75 Å². The van der Waals surface area contributed by atoms with Crippen molar-refractivity contribution in [3.8, 4) is 17.1 Å². The second-order valence-electron chi connectivity index (χ2n) is 6.14. The van der Waals surface area contributed by atoms with Crippen molar-refractivity contribution in [2.75, 3.05) is 26.9 Å². The minimum absolute atomic E-state index is 0.0428. The summed E-state index contributed by atoms with van der Waals surface area (Å²) < 4.78 is 12.6. The van der Waals surface area contributed by atoms with Crippen molar-refractivity contribution in [2.45, 2.75) is 19.9 Å². The van der Waals surface area contributed by atoms with E-state index in [4.69, 9.17) is 14.5 Å². The number of hydrogen-bond donors (Lipinski definition) is 1. The number of aromatic nitrogens is 2. The number of methoxy groups -OCH3 is 1. The van der Waals surface area contributed by atoms with Gasteiger partial charge < -0.3 is 19.4 Å². The Kier molecular flexibility index (Phi) is 6.44. The number of imidazole rings is 1. The summed E-state index contributed by atoms with van der Waals surface area (Å²) in [6, 6.07) is 15.5. The molecule has 2 aromatic carbocycles. The molecule has 3 aromatic rings. The molecule has 1 heterocycles. The smallest absolute Gasteiger partial charge is 0.240 e. The molecule has 0 aliphatic heterocycles. The number of nitrogens with one attached hydrogen (secondary N) is 1. The molecule has 0 radical (unpaired) electrons. The summed E-state index contributed by atoms with van der Waals surface area (Å²) in [6.45, 7) is 4.11. The molecule has 0 unspecified atom stereocenters. The minimum Gasteiger partial charge on any atom is -0.497 e. The number of benzene rings is 2. The average Bonchev–Trinajstić information content (AvgIpc) is 3.06. The Morgan fingerprint density at radius 1 is 1.19 bits per heavy atom. The molecule has 0 saturated carbocycles. The van der Waals surface area contributed by atoms with E-state index >= 15 is 0 Å². The van der Waals surface area contributed by atoms with Crippen LogP contribution in [0.15, 0.2) is 48.5 Å². The maximum atomic E-state index is 12.5. The molecule has 3 rings (SSSR count). The Morgan fingerprint density at radius 3 is 2.85 bits per heavy atom. The van der Waals surface area contributed by atoms with Crippen molar-refractivity contribution in [1.29, 1.82) is 0 Å². The van der Waals surface area contributed by atoms with Crippen LogP contribution in [0.3, 0.4) is 0 Å². The van der Waals surface area contributed by atoms with Gasteiger partial charge in [0.2, 0.25) is 5.91 Å². The van der Waals surface area contributed by atoms with Crippen LogP contribution in [0.25, 0.3) is 22.4 Å². The number of ether oxygens (including phenoxy) is 2. The fraction of sp³-hybridized carbons (Fsp3) is 0.333. The van der Waals surface area contributed by atoms with Crippen LogP contribution in [-0.4, -0.2) is 42.3 Å². The van der Waals surface area contributed by atoms with Crippen molar-refractivity contribution < 1.29 is 14.3 Å². The van der Waals surface area contributed by atoms with E-state index in [1.807, 2.05) is 60.0 Å². The second-order valence-corrected chi connectivity index (χ2v) is 6.14. The van der Waals surface area contributed by atoms with Crippen LogP contribution in [-0.2, 0) is 16.1 Å². The van der Waals surface area contributed by atoms with E-state index < -0.39 is 0 Å². The summed E-state index contributed by atoms with van der Waals surface area (Å²) in [6.07, 6.45) is 0.799. The maximum Gasteiger partial charge on any atom is 0.240 e. The summed E-state index contributed by atoms with van der Waals surface area (Å²) >= 11 is 0. The second kappa shape index (κ2) is 9.19.